The predicted octanol–water partition coefficient (Wildman–Crippen LogP) is 1.21. The number of H-pyrrole nitrogens is 1. The number of benzene rings is 1. The molecule has 0 aliphatic carbocycles. The van der Waals surface area contributed by atoms with Crippen molar-refractivity contribution in [2.24, 2.45) is 5.73 Å². The van der Waals surface area contributed by atoms with E-state index in [1.807, 2.05) is 12.1 Å². The molecule has 1 aromatic carbocycles. The van der Waals surface area contributed by atoms with Gasteiger partial charge >= 0.3 is 0 Å². The third kappa shape index (κ3) is 1.81. The highest BCUT2D eigenvalue weighted by atomic mass is 16.1. The van der Waals surface area contributed by atoms with Gasteiger partial charge in [-0.2, -0.15) is 5.10 Å². The lowest BCUT2D eigenvalue weighted by molar-refractivity contribution is 0.0997. The van der Waals surface area contributed by atoms with Gasteiger partial charge in [0.05, 0.1) is 0 Å². The fraction of sp³-hybridized carbons (Fsp3) is 0.286. The van der Waals surface area contributed by atoms with Gasteiger partial charge < -0.3 is 10.6 Å². The Kier molecular flexibility index (Phi) is 2.53. The van der Waals surface area contributed by atoms with Crippen LogP contribution >= 0.6 is 0 Å². The van der Waals surface area contributed by atoms with E-state index in [1.165, 1.54) is 12.8 Å². The number of amides is 1. The lowest BCUT2D eigenvalue weighted by Crippen LogP contribution is -2.20. The quantitative estimate of drug-likeness (QED) is 0.735. The first-order valence-electron chi connectivity index (χ1n) is 6.92. The smallest absolute Gasteiger partial charge is 0.267 e. The van der Waals surface area contributed by atoms with Gasteiger partial charge in [-0.05, 0) is 18.9 Å². The number of rotatable bonds is 2. The highest BCUT2D eigenvalue weighted by molar-refractivity contribution is 6.11. The number of nitrogens with two attached hydrogens (primary N) is 1. The van der Waals surface area contributed by atoms with Crippen LogP contribution in [0.1, 0.15) is 23.3 Å². The highest BCUT2D eigenvalue weighted by Crippen LogP contribution is 2.26. The number of aromatic nitrogens is 4. The largest absolute Gasteiger partial charge is 0.364 e. The van der Waals surface area contributed by atoms with Gasteiger partial charge in [-0.3, -0.25) is 9.89 Å². The molecule has 0 saturated carbocycles. The second-order valence-electron chi connectivity index (χ2n) is 5.23. The van der Waals surface area contributed by atoms with Gasteiger partial charge in [0.25, 0.3) is 5.91 Å². The van der Waals surface area contributed by atoms with Crippen LogP contribution in [0.5, 0.6) is 0 Å². The molecule has 4 rings (SSSR count). The standard InChI is InChI=1S/C14H14N6O/c15-13(21)12-9-4-3-8-7-16-14(20-5-1-2-6-20)17-10(8)11(9)18-19-12/h3-4,7H,1-2,5-6H2,(H2,15,21)(H,18,19). The van der Waals surface area contributed by atoms with Gasteiger partial charge in [0, 0.05) is 30.1 Å². The summed E-state index contributed by atoms with van der Waals surface area (Å²) in [5.41, 5.74) is 7.06. The van der Waals surface area contributed by atoms with Crippen LogP contribution in [0.2, 0.25) is 0 Å². The average Bonchev–Trinajstić information content (AvgIpc) is 3.16. The number of hydrogen-bond acceptors (Lipinski definition) is 5. The molecular formula is C14H14N6O. The van der Waals surface area contributed by atoms with Gasteiger partial charge in [-0.15, -0.1) is 0 Å². The van der Waals surface area contributed by atoms with E-state index < -0.39 is 5.91 Å². The molecule has 1 saturated heterocycles. The molecule has 7 nitrogen and oxygen atoms in total. The van der Waals surface area contributed by atoms with Crippen LogP contribution in [0.4, 0.5) is 5.95 Å². The average molecular weight is 282 g/mol. The molecule has 1 fully saturated rings. The van der Waals surface area contributed by atoms with E-state index in [4.69, 9.17) is 5.73 Å². The summed E-state index contributed by atoms with van der Waals surface area (Å²) in [5.74, 6) is 0.196. The molecule has 2 aromatic heterocycles. The predicted molar refractivity (Wildman–Crippen MR) is 79.2 cm³/mol. The lowest BCUT2D eigenvalue weighted by Gasteiger charge is -2.14. The van der Waals surface area contributed by atoms with Crippen molar-refractivity contribution in [2.45, 2.75) is 12.8 Å². The summed E-state index contributed by atoms with van der Waals surface area (Å²) in [7, 11) is 0. The van der Waals surface area contributed by atoms with E-state index in [0.717, 1.165) is 29.9 Å². The molecule has 1 aliphatic rings. The molecule has 21 heavy (non-hydrogen) atoms. The van der Waals surface area contributed by atoms with Gasteiger partial charge in [0.1, 0.15) is 16.7 Å². The van der Waals surface area contributed by atoms with Gasteiger partial charge in [0.15, 0.2) is 0 Å². The van der Waals surface area contributed by atoms with Gasteiger partial charge in [-0.25, -0.2) is 9.97 Å². The van der Waals surface area contributed by atoms with Crippen molar-refractivity contribution < 1.29 is 4.79 Å². The number of nitrogens with zero attached hydrogens (tertiary/aromatic N) is 4. The number of hydrogen-bond donors (Lipinski definition) is 2. The Bertz CT molecular complexity index is 849. The molecule has 3 aromatic rings. The van der Waals surface area contributed by atoms with Crippen LogP contribution < -0.4 is 10.6 Å². The summed E-state index contributed by atoms with van der Waals surface area (Å²) < 4.78 is 0. The van der Waals surface area contributed by atoms with E-state index >= 15 is 0 Å². The number of nitrogens with one attached hydrogen (secondary N) is 1. The zero-order chi connectivity index (χ0) is 14.4. The van der Waals surface area contributed by atoms with E-state index in [9.17, 15) is 4.79 Å². The number of aromatic amines is 1. The molecule has 0 bridgehead atoms. The van der Waals surface area contributed by atoms with Crippen LogP contribution in [0.25, 0.3) is 21.8 Å². The van der Waals surface area contributed by atoms with Crippen LogP contribution in [0.3, 0.4) is 0 Å². The Morgan fingerprint density at radius 2 is 2.05 bits per heavy atom. The first-order valence-corrected chi connectivity index (χ1v) is 6.92. The number of fused-ring (bicyclic) bond motifs is 3. The maximum atomic E-state index is 11.4. The maximum absolute atomic E-state index is 11.4. The first-order chi connectivity index (χ1) is 10.2. The Labute approximate surface area is 120 Å². The molecule has 1 aliphatic heterocycles. The van der Waals surface area contributed by atoms with Crippen molar-refractivity contribution in [1.29, 1.82) is 0 Å². The topological polar surface area (TPSA) is 101 Å². The fourth-order valence-corrected chi connectivity index (χ4v) is 2.82. The van der Waals surface area contributed by atoms with E-state index in [2.05, 4.69) is 25.1 Å². The van der Waals surface area contributed by atoms with Crippen LogP contribution in [0.15, 0.2) is 18.3 Å². The zero-order valence-electron chi connectivity index (χ0n) is 11.3. The molecule has 0 unspecified atom stereocenters. The molecular weight excluding hydrogens is 268 g/mol. The molecule has 0 spiro atoms. The molecule has 3 heterocycles. The minimum absolute atomic E-state index is 0.313. The molecule has 3 N–H and O–H groups in total. The normalized spacial score (nSPS) is 15.1. The summed E-state index contributed by atoms with van der Waals surface area (Å²) in [4.78, 5) is 22.6. The third-order valence-corrected chi connectivity index (χ3v) is 3.90. The minimum Gasteiger partial charge on any atom is -0.364 e. The number of anilines is 1. The summed E-state index contributed by atoms with van der Waals surface area (Å²) >= 11 is 0. The Hall–Kier alpha value is -2.70. The molecule has 106 valence electrons. The third-order valence-electron chi connectivity index (χ3n) is 3.90. The summed E-state index contributed by atoms with van der Waals surface area (Å²) in [5, 5.41) is 8.49. The lowest BCUT2D eigenvalue weighted by atomic mass is 10.1. The van der Waals surface area contributed by atoms with E-state index in [-0.39, 0.29) is 0 Å². The second-order valence-corrected chi connectivity index (χ2v) is 5.23. The summed E-state index contributed by atoms with van der Waals surface area (Å²) in [6.45, 7) is 1.96. The van der Waals surface area contributed by atoms with Gasteiger partial charge in [-0.1, -0.05) is 6.07 Å². The van der Waals surface area contributed by atoms with Crippen molar-refractivity contribution in [3.8, 4) is 0 Å². The number of primary amides is 1. The van der Waals surface area contributed by atoms with Crippen LogP contribution in [0, 0.1) is 0 Å². The summed E-state index contributed by atoms with van der Waals surface area (Å²) in [6.07, 6.45) is 4.13. The minimum atomic E-state index is -0.523. The Morgan fingerprint density at radius 3 is 2.81 bits per heavy atom. The molecule has 0 atom stereocenters. The molecule has 0 radical (unpaired) electrons. The highest BCUT2D eigenvalue weighted by Gasteiger charge is 2.18. The Morgan fingerprint density at radius 1 is 1.24 bits per heavy atom. The van der Waals surface area contributed by atoms with E-state index in [1.54, 1.807) is 6.20 Å². The zero-order valence-corrected chi connectivity index (χ0v) is 11.3. The molecule has 1 amide bonds. The number of carbonyl (C=O) groups is 1. The van der Waals surface area contributed by atoms with Crippen molar-refractivity contribution in [3.05, 3.63) is 24.0 Å². The van der Waals surface area contributed by atoms with Crippen LogP contribution in [-0.2, 0) is 0 Å². The van der Waals surface area contributed by atoms with Crippen molar-refractivity contribution in [1.82, 2.24) is 20.2 Å². The van der Waals surface area contributed by atoms with Crippen LogP contribution in [-0.4, -0.2) is 39.2 Å². The van der Waals surface area contributed by atoms with E-state index in [0.29, 0.717) is 16.6 Å². The summed E-state index contributed by atoms with van der Waals surface area (Å²) in [6, 6.07) is 3.70. The second kappa shape index (κ2) is 4.41. The van der Waals surface area contributed by atoms with Crippen molar-refractivity contribution >= 4 is 33.7 Å². The molecule has 7 heteroatoms. The Balaban J connectivity index is 1.95. The SMILES string of the molecule is NC(=O)c1[nH]nc2c1ccc1cnc(N3CCCC3)nc12. The monoisotopic (exact) mass is 282 g/mol. The van der Waals surface area contributed by atoms with Crippen molar-refractivity contribution in [3.63, 3.8) is 0 Å². The first kappa shape index (κ1) is 12.1. The maximum Gasteiger partial charge on any atom is 0.267 e. The number of carbonyl (C=O) groups excluding carboxylic acids is 1. The van der Waals surface area contributed by atoms with Crippen molar-refractivity contribution in [2.75, 3.05) is 18.0 Å². The fourth-order valence-electron chi connectivity index (χ4n) is 2.82. The van der Waals surface area contributed by atoms with Gasteiger partial charge in [0.2, 0.25) is 5.95 Å².